The molecule has 1 rings (SSSR count). The van der Waals surface area contributed by atoms with E-state index in [9.17, 15) is 8.78 Å². The largest absolute Gasteiger partial charge is 0.246 e. The van der Waals surface area contributed by atoms with Gasteiger partial charge in [0.25, 0.3) is 0 Å². The summed E-state index contributed by atoms with van der Waals surface area (Å²) in [7, 11) is 0. The van der Waals surface area contributed by atoms with E-state index in [1.165, 1.54) is 18.2 Å². The molecule has 0 aliphatic heterocycles. The van der Waals surface area contributed by atoms with E-state index >= 15 is 0 Å². The summed E-state index contributed by atoms with van der Waals surface area (Å²) >= 11 is 0. The Bertz CT molecular complexity index is 328. The smallest absolute Gasteiger partial charge is 0.126 e. The van der Waals surface area contributed by atoms with Gasteiger partial charge in [-0.05, 0) is 23.6 Å². The lowest BCUT2D eigenvalue weighted by molar-refractivity contribution is 0.477. The standard InChI is InChI=1S/C10H9F2N/c11-7-8-3-1-5-10(12)9(8)4-2-6-13/h1,3,5H,2,4,7H2. The van der Waals surface area contributed by atoms with Gasteiger partial charge >= 0.3 is 0 Å². The minimum atomic E-state index is -0.682. The number of hydrogen-bond acceptors (Lipinski definition) is 1. The fourth-order valence-corrected chi connectivity index (χ4v) is 1.19. The third-order valence-electron chi connectivity index (χ3n) is 1.85. The molecule has 0 aliphatic rings. The van der Waals surface area contributed by atoms with Crippen molar-refractivity contribution in [2.45, 2.75) is 19.5 Å². The van der Waals surface area contributed by atoms with Gasteiger partial charge in [0.2, 0.25) is 0 Å². The minimum absolute atomic E-state index is 0.216. The Morgan fingerprint density at radius 2 is 2.15 bits per heavy atom. The average molecular weight is 181 g/mol. The van der Waals surface area contributed by atoms with Crippen LogP contribution < -0.4 is 0 Å². The molecule has 0 heterocycles. The Morgan fingerprint density at radius 1 is 1.38 bits per heavy atom. The van der Waals surface area contributed by atoms with Crippen molar-refractivity contribution in [3.05, 3.63) is 35.1 Å². The van der Waals surface area contributed by atoms with Gasteiger partial charge in [0.15, 0.2) is 0 Å². The summed E-state index contributed by atoms with van der Waals surface area (Å²) in [5, 5.41) is 8.32. The molecular formula is C10H9F2N. The summed E-state index contributed by atoms with van der Waals surface area (Å²) < 4.78 is 25.4. The SMILES string of the molecule is N#CCCc1c(F)cccc1CF. The maximum atomic E-state index is 13.1. The van der Waals surface area contributed by atoms with Crippen molar-refractivity contribution in [3.63, 3.8) is 0 Å². The normalized spacial score (nSPS) is 9.62. The van der Waals surface area contributed by atoms with E-state index in [0.29, 0.717) is 11.1 Å². The summed E-state index contributed by atoms with van der Waals surface area (Å²) in [5.41, 5.74) is 0.668. The van der Waals surface area contributed by atoms with E-state index in [-0.39, 0.29) is 12.8 Å². The number of nitrogens with zero attached hydrogens (tertiary/aromatic N) is 1. The zero-order valence-electron chi connectivity index (χ0n) is 7.06. The number of nitriles is 1. The molecule has 1 aromatic carbocycles. The molecule has 0 aliphatic carbocycles. The highest BCUT2D eigenvalue weighted by atomic mass is 19.1. The Kier molecular flexibility index (Phi) is 3.39. The van der Waals surface area contributed by atoms with Crippen LogP contribution in [-0.4, -0.2) is 0 Å². The number of alkyl halides is 1. The van der Waals surface area contributed by atoms with Crippen LogP contribution in [-0.2, 0) is 13.1 Å². The molecule has 0 bridgehead atoms. The predicted octanol–water partition coefficient (Wildman–Crippen LogP) is 2.75. The van der Waals surface area contributed by atoms with E-state index < -0.39 is 12.5 Å². The first-order chi connectivity index (χ1) is 6.29. The Morgan fingerprint density at radius 3 is 2.77 bits per heavy atom. The fourth-order valence-electron chi connectivity index (χ4n) is 1.19. The molecule has 13 heavy (non-hydrogen) atoms. The van der Waals surface area contributed by atoms with Crippen molar-refractivity contribution < 1.29 is 8.78 Å². The van der Waals surface area contributed by atoms with E-state index in [0.717, 1.165) is 0 Å². The van der Waals surface area contributed by atoms with Crippen molar-refractivity contribution in [2.75, 3.05) is 0 Å². The first-order valence-corrected chi connectivity index (χ1v) is 3.98. The van der Waals surface area contributed by atoms with Crippen molar-refractivity contribution in [1.29, 1.82) is 5.26 Å². The average Bonchev–Trinajstić information content (AvgIpc) is 2.15. The molecule has 0 radical (unpaired) electrons. The zero-order chi connectivity index (χ0) is 9.68. The molecule has 68 valence electrons. The number of rotatable bonds is 3. The van der Waals surface area contributed by atoms with Crippen LogP contribution in [0.1, 0.15) is 17.5 Å². The molecular weight excluding hydrogens is 172 g/mol. The summed E-state index contributed by atoms with van der Waals surface area (Å²) in [4.78, 5) is 0. The zero-order valence-corrected chi connectivity index (χ0v) is 7.06. The molecule has 0 saturated carbocycles. The summed E-state index contributed by atoms with van der Waals surface area (Å²) in [6.07, 6.45) is 0.496. The molecule has 0 atom stereocenters. The monoisotopic (exact) mass is 181 g/mol. The highest BCUT2D eigenvalue weighted by molar-refractivity contribution is 5.28. The van der Waals surface area contributed by atoms with E-state index in [1.54, 1.807) is 0 Å². The van der Waals surface area contributed by atoms with Gasteiger partial charge in [0.1, 0.15) is 12.5 Å². The highest BCUT2D eigenvalue weighted by Gasteiger charge is 2.06. The topological polar surface area (TPSA) is 23.8 Å². The van der Waals surface area contributed by atoms with Gasteiger partial charge in [-0.15, -0.1) is 0 Å². The summed E-state index contributed by atoms with van der Waals surface area (Å²) in [6, 6.07) is 6.20. The van der Waals surface area contributed by atoms with Crippen LogP contribution in [0.3, 0.4) is 0 Å². The van der Waals surface area contributed by atoms with Gasteiger partial charge in [-0.1, -0.05) is 12.1 Å². The van der Waals surface area contributed by atoms with Crippen molar-refractivity contribution in [1.82, 2.24) is 0 Å². The van der Waals surface area contributed by atoms with Gasteiger partial charge in [0.05, 0.1) is 6.07 Å². The molecule has 0 unspecified atom stereocenters. The lowest BCUT2D eigenvalue weighted by Gasteiger charge is -2.04. The van der Waals surface area contributed by atoms with E-state index in [2.05, 4.69) is 0 Å². The molecule has 1 aromatic rings. The van der Waals surface area contributed by atoms with Crippen LogP contribution in [0.15, 0.2) is 18.2 Å². The van der Waals surface area contributed by atoms with Gasteiger partial charge in [-0.2, -0.15) is 5.26 Å². The predicted molar refractivity (Wildman–Crippen MR) is 45.1 cm³/mol. The number of benzene rings is 1. The lowest BCUT2D eigenvalue weighted by atomic mass is 10.0. The molecule has 0 aromatic heterocycles. The maximum Gasteiger partial charge on any atom is 0.126 e. The van der Waals surface area contributed by atoms with Gasteiger partial charge < -0.3 is 0 Å². The van der Waals surface area contributed by atoms with Gasteiger partial charge in [0, 0.05) is 6.42 Å². The van der Waals surface area contributed by atoms with E-state index in [1.807, 2.05) is 6.07 Å². The quantitative estimate of drug-likeness (QED) is 0.703. The van der Waals surface area contributed by atoms with Crippen molar-refractivity contribution in [2.24, 2.45) is 0 Å². The lowest BCUT2D eigenvalue weighted by Crippen LogP contribution is -1.96. The first kappa shape index (κ1) is 9.66. The molecule has 0 amide bonds. The van der Waals surface area contributed by atoms with Crippen LogP contribution in [0, 0.1) is 17.1 Å². The van der Waals surface area contributed by atoms with E-state index in [4.69, 9.17) is 5.26 Å². The summed E-state index contributed by atoms with van der Waals surface area (Å²) in [5.74, 6) is -0.426. The number of hydrogen-bond donors (Lipinski definition) is 0. The third-order valence-corrected chi connectivity index (χ3v) is 1.85. The molecule has 0 spiro atoms. The van der Waals surface area contributed by atoms with Gasteiger partial charge in [-0.25, -0.2) is 8.78 Å². The minimum Gasteiger partial charge on any atom is -0.246 e. The van der Waals surface area contributed by atoms with Gasteiger partial charge in [-0.3, -0.25) is 0 Å². The Balaban J connectivity index is 2.95. The molecule has 0 fully saturated rings. The number of halogens is 2. The third kappa shape index (κ3) is 2.25. The van der Waals surface area contributed by atoms with Crippen LogP contribution in [0.5, 0.6) is 0 Å². The Labute approximate surface area is 75.6 Å². The molecule has 3 heteroatoms. The van der Waals surface area contributed by atoms with Crippen molar-refractivity contribution in [3.8, 4) is 6.07 Å². The second-order valence-electron chi connectivity index (χ2n) is 2.67. The second kappa shape index (κ2) is 4.56. The Hall–Kier alpha value is -1.43. The van der Waals surface area contributed by atoms with Crippen molar-refractivity contribution >= 4 is 0 Å². The highest BCUT2D eigenvalue weighted by Crippen LogP contribution is 2.16. The van der Waals surface area contributed by atoms with Crippen LogP contribution in [0.25, 0.3) is 0 Å². The summed E-state index contributed by atoms with van der Waals surface area (Å²) in [6.45, 7) is -0.682. The second-order valence-corrected chi connectivity index (χ2v) is 2.67. The van der Waals surface area contributed by atoms with Crippen LogP contribution in [0.4, 0.5) is 8.78 Å². The molecule has 1 nitrogen and oxygen atoms in total. The maximum absolute atomic E-state index is 13.1. The first-order valence-electron chi connectivity index (χ1n) is 3.98. The molecule has 0 N–H and O–H groups in total. The fraction of sp³-hybridized carbons (Fsp3) is 0.300. The molecule has 0 saturated heterocycles. The van der Waals surface area contributed by atoms with Crippen LogP contribution >= 0.6 is 0 Å². The van der Waals surface area contributed by atoms with Crippen LogP contribution in [0.2, 0.25) is 0 Å².